The molecule has 0 aliphatic rings. The van der Waals surface area contributed by atoms with Crippen LogP contribution in [0.15, 0.2) is 41.6 Å². The second-order valence-corrected chi connectivity index (χ2v) is 7.47. The molecule has 0 bridgehead atoms. The van der Waals surface area contributed by atoms with Gasteiger partial charge in [0.2, 0.25) is 0 Å². The molecule has 0 saturated heterocycles. The molecule has 1 unspecified atom stereocenters. The maximum atomic E-state index is 13.8. The van der Waals surface area contributed by atoms with Crippen LogP contribution in [-0.4, -0.2) is 36.9 Å². The van der Waals surface area contributed by atoms with Crippen LogP contribution in [0.5, 0.6) is 0 Å². The molecular weight excluding hydrogens is 321 g/mol. The number of hydrogen-bond acceptors (Lipinski definition) is 4. The lowest BCUT2D eigenvalue weighted by atomic mass is 10.1. The van der Waals surface area contributed by atoms with Crippen LogP contribution in [-0.2, 0) is 16.4 Å². The van der Waals surface area contributed by atoms with Crippen molar-refractivity contribution in [2.45, 2.75) is 18.4 Å². The van der Waals surface area contributed by atoms with E-state index in [-0.39, 0.29) is 16.4 Å². The first kappa shape index (κ1) is 17.1. The maximum Gasteiger partial charge on any atom is 0.254 e. The van der Waals surface area contributed by atoms with Gasteiger partial charge in [0.25, 0.3) is 5.91 Å². The van der Waals surface area contributed by atoms with E-state index in [0.717, 1.165) is 24.5 Å². The summed E-state index contributed by atoms with van der Waals surface area (Å²) in [5.41, 5.74) is -0.279. The molecule has 0 aliphatic heterocycles. The van der Waals surface area contributed by atoms with Crippen molar-refractivity contribution in [1.82, 2.24) is 15.1 Å². The van der Waals surface area contributed by atoms with E-state index in [9.17, 15) is 17.6 Å². The number of carbonyl (C=O) groups is 1. The van der Waals surface area contributed by atoms with Crippen LogP contribution >= 0.6 is 0 Å². The fourth-order valence-electron chi connectivity index (χ4n) is 2.06. The normalized spacial score (nSPS) is 12.8. The Balaban J connectivity index is 2.03. The highest BCUT2D eigenvalue weighted by Crippen LogP contribution is 2.15. The van der Waals surface area contributed by atoms with Crippen molar-refractivity contribution in [3.05, 3.63) is 48.0 Å². The van der Waals surface area contributed by atoms with Gasteiger partial charge in [-0.3, -0.25) is 9.48 Å². The van der Waals surface area contributed by atoms with E-state index in [1.807, 2.05) is 13.1 Å². The summed E-state index contributed by atoms with van der Waals surface area (Å²) >= 11 is 0. The van der Waals surface area contributed by atoms with Crippen LogP contribution in [0, 0.1) is 11.7 Å². The molecule has 0 saturated carbocycles. The van der Waals surface area contributed by atoms with E-state index in [4.69, 9.17) is 0 Å². The Hall–Kier alpha value is -2.22. The Morgan fingerprint density at radius 3 is 2.78 bits per heavy atom. The molecule has 2 aromatic rings. The van der Waals surface area contributed by atoms with Crippen molar-refractivity contribution in [3.8, 4) is 0 Å². The highest BCUT2D eigenvalue weighted by molar-refractivity contribution is 7.90. The second-order valence-electron chi connectivity index (χ2n) is 5.46. The molecule has 8 heteroatoms. The van der Waals surface area contributed by atoms with Gasteiger partial charge in [-0.05, 0) is 30.2 Å². The molecule has 1 heterocycles. The van der Waals surface area contributed by atoms with Gasteiger partial charge < -0.3 is 5.32 Å². The SMILES string of the molecule is CC(CNC(=O)c1cc(S(C)(=O)=O)ccc1F)Cn1cccn1. The zero-order valence-electron chi connectivity index (χ0n) is 12.9. The first-order valence-electron chi connectivity index (χ1n) is 7.02. The monoisotopic (exact) mass is 339 g/mol. The van der Waals surface area contributed by atoms with Crippen molar-refractivity contribution in [2.75, 3.05) is 12.8 Å². The van der Waals surface area contributed by atoms with E-state index in [0.29, 0.717) is 13.1 Å². The number of benzene rings is 1. The van der Waals surface area contributed by atoms with Crippen LogP contribution in [0.4, 0.5) is 4.39 Å². The molecular formula is C15H18FN3O3S. The number of nitrogens with zero attached hydrogens (tertiary/aromatic N) is 2. The standard InChI is InChI=1S/C15H18FN3O3S/c1-11(10-19-7-3-6-18-19)9-17-15(20)13-8-12(23(2,21)22)4-5-14(13)16/h3-8,11H,9-10H2,1-2H3,(H,17,20). The van der Waals surface area contributed by atoms with Crippen LogP contribution in [0.25, 0.3) is 0 Å². The highest BCUT2D eigenvalue weighted by atomic mass is 32.2. The summed E-state index contributed by atoms with van der Waals surface area (Å²) in [5.74, 6) is -1.31. The lowest BCUT2D eigenvalue weighted by Gasteiger charge is -2.13. The lowest BCUT2D eigenvalue weighted by Crippen LogP contribution is -2.30. The zero-order chi connectivity index (χ0) is 17.0. The number of rotatable bonds is 6. The van der Waals surface area contributed by atoms with Gasteiger partial charge in [-0.2, -0.15) is 5.10 Å². The minimum atomic E-state index is -3.50. The average Bonchev–Trinajstić information content (AvgIpc) is 2.97. The summed E-state index contributed by atoms with van der Waals surface area (Å²) in [7, 11) is -3.50. The summed E-state index contributed by atoms with van der Waals surface area (Å²) in [6.07, 6.45) is 4.49. The molecule has 6 nitrogen and oxygen atoms in total. The van der Waals surface area contributed by atoms with Gasteiger partial charge in [-0.1, -0.05) is 6.92 Å². The van der Waals surface area contributed by atoms with Crippen molar-refractivity contribution in [2.24, 2.45) is 5.92 Å². The zero-order valence-corrected chi connectivity index (χ0v) is 13.7. The Labute approximate surface area is 134 Å². The molecule has 1 aromatic heterocycles. The number of aromatic nitrogens is 2. The van der Waals surface area contributed by atoms with Gasteiger partial charge in [-0.15, -0.1) is 0 Å². The number of hydrogen-bond donors (Lipinski definition) is 1. The third kappa shape index (κ3) is 4.62. The van der Waals surface area contributed by atoms with E-state index in [1.54, 1.807) is 16.9 Å². The summed E-state index contributed by atoms with van der Waals surface area (Å²) in [5, 5.41) is 6.69. The molecule has 0 radical (unpaired) electrons. The first-order chi connectivity index (χ1) is 10.8. The van der Waals surface area contributed by atoms with Gasteiger partial charge in [0.1, 0.15) is 5.82 Å². The van der Waals surface area contributed by atoms with Crippen molar-refractivity contribution in [3.63, 3.8) is 0 Å². The van der Waals surface area contributed by atoms with E-state index in [1.165, 1.54) is 0 Å². The topological polar surface area (TPSA) is 81.1 Å². The largest absolute Gasteiger partial charge is 0.352 e. The minimum Gasteiger partial charge on any atom is -0.352 e. The summed E-state index contributed by atoms with van der Waals surface area (Å²) in [6.45, 7) is 2.85. The van der Waals surface area contributed by atoms with Gasteiger partial charge >= 0.3 is 0 Å². The Morgan fingerprint density at radius 1 is 1.43 bits per heavy atom. The van der Waals surface area contributed by atoms with Gasteiger partial charge in [-0.25, -0.2) is 12.8 Å². The molecule has 0 spiro atoms. The molecule has 2 rings (SSSR count). The molecule has 0 fully saturated rings. The molecule has 1 atom stereocenters. The number of sulfone groups is 1. The number of amides is 1. The molecule has 1 N–H and O–H groups in total. The molecule has 23 heavy (non-hydrogen) atoms. The lowest BCUT2D eigenvalue weighted by molar-refractivity contribution is 0.0942. The number of nitrogens with one attached hydrogen (secondary N) is 1. The summed E-state index contributed by atoms with van der Waals surface area (Å²) in [6, 6.07) is 4.98. The van der Waals surface area contributed by atoms with Crippen molar-refractivity contribution < 1.29 is 17.6 Å². The van der Waals surface area contributed by atoms with Crippen LogP contribution in [0.3, 0.4) is 0 Å². The van der Waals surface area contributed by atoms with E-state index in [2.05, 4.69) is 10.4 Å². The fourth-order valence-corrected chi connectivity index (χ4v) is 2.71. The third-order valence-electron chi connectivity index (χ3n) is 3.28. The molecule has 124 valence electrons. The fraction of sp³-hybridized carbons (Fsp3) is 0.333. The maximum absolute atomic E-state index is 13.8. The van der Waals surface area contributed by atoms with Gasteiger partial charge in [0.15, 0.2) is 9.84 Å². The Kier molecular flexibility index (Phi) is 5.15. The van der Waals surface area contributed by atoms with E-state index < -0.39 is 21.6 Å². The first-order valence-corrected chi connectivity index (χ1v) is 8.91. The highest BCUT2D eigenvalue weighted by Gasteiger charge is 2.17. The predicted molar refractivity (Wildman–Crippen MR) is 83.2 cm³/mol. The Bertz CT molecular complexity index is 788. The van der Waals surface area contributed by atoms with Crippen molar-refractivity contribution in [1.29, 1.82) is 0 Å². The van der Waals surface area contributed by atoms with Gasteiger partial charge in [0.05, 0.1) is 10.5 Å². The van der Waals surface area contributed by atoms with Crippen LogP contribution in [0.2, 0.25) is 0 Å². The smallest absolute Gasteiger partial charge is 0.254 e. The molecule has 0 aliphatic carbocycles. The predicted octanol–water partition coefficient (Wildman–Crippen LogP) is 1.49. The van der Waals surface area contributed by atoms with Crippen LogP contribution < -0.4 is 5.32 Å². The van der Waals surface area contributed by atoms with Gasteiger partial charge in [0, 0.05) is 31.7 Å². The average molecular weight is 339 g/mol. The number of carbonyl (C=O) groups excluding carboxylic acids is 1. The summed E-state index contributed by atoms with van der Waals surface area (Å²) in [4.78, 5) is 12.0. The van der Waals surface area contributed by atoms with E-state index >= 15 is 0 Å². The summed E-state index contributed by atoms with van der Waals surface area (Å²) < 4.78 is 38.5. The quantitative estimate of drug-likeness (QED) is 0.809. The van der Waals surface area contributed by atoms with Crippen LogP contribution in [0.1, 0.15) is 17.3 Å². The third-order valence-corrected chi connectivity index (χ3v) is 4.39. The van der Waals surface area contributed by atoms with Crippen molar-refractivity contribution >= 4 is 15.7 Å². The minimum absolute atomic E-state index is 0.0833. The molecule has 1 amide bonds. The second kappa shape index (κ2) is 6.91. The molecule has 1 aromatic carbocycles. The Morgan fingerprint density at radius 2 is 2.17 bits per heavy atom. The number of halogens is 1.